The van der Waals surface area contributed by atoms with Crippen LogP contribution in [0.3, 0.4) is 0 Å². The molecule has 0 amide bonds. The van der Waals surface area contributed by atoms with Crippen LogP contribution in [-0.2, 0) is 14.8 Å². The molecule has 106 valence electrons. The average molecular weight is 278 g/mol. The van der Waals surface area contributed by atoms with Crippen molar-refractivity contribution in [2.24, 2.45) is 0 Å². The molecule has 0 aliphatic heterocycles. The van der Waals surface area contributed by atoms with E-state index < -0.39 is 21.2 Å². The van der Waals surface area contributed by atoms with Gasteiger partial charge in [0.05, 0.1) is 0 Å². The van der Waals surface area contributed by atoms with Crippen LogP contribution < -0.4 is 4.72 Å². The van der Waals surface area contributed by atoms with Crippen LogP contribution in [0, 0.1) is 0 Å². The summed E-state index contributed by atoms with van der Waals surface area (Å²) in [5.41, 5.74) is 0. The average Bonchev–Trinajstić information content (AvgIpc) is 2.80. The molecule has 1 unspecified atom stereocenters. The third-order valence-corrected chi connectivity index (χ3v) is 5.27. The van der Waals surface area contributed by atoms with Gasteiger partial charge in [0.2, 0.25) is 10.0 Å². The zero-order chi connectivity index (χ0) is 13.8. The number of nitrogens with one attached hydrogen (secondary N) is 1. The Bertz CT molecular complexity index is 377. The van der Waals surface area contributed by atoms with E-state index in [9.17, 15) is 13.2 Å². The van der Waals surface area contributed by atoms with Gasteiger partial charge in [-0.15, -0.1) is 0 Å². The molecule has 1 aliphatic carbocycles. The largest absolute Gasteiger partial charge is 0.480 e. The van der Waals surface area contributed by atoms with Crippen LogP contribution in [0.15, 0.2) is 0 Å². The van der Waals surface area contributed by atoms with Crippen molar-refractivity contribution in [3.63, 3.8) is 0 Å². The van der Waals surface area contributed by atoms with Crippen molar-refractivity contribution in [1.82, 2.24) is 9.62 Å². The molecule has 1 aliphatic rings. The zero-order valence-electron chi connectivity index (χ0n) is 10.9. The van der Waals surface area contributed by atoms with E-state index >= 15 is 0 Å². The predicted molar refractivity (Wildman–Crippen MR) is 68.9 cm³/mol. The molecular formula is C11H22N2O4S. The van der Waals surface area contributed by atoms with Crippen molar-refractivity contribution in [1.29, 1.82) is 0 Å². The first-order chi connectivity index (χ1) is 8.34. The van der Waals surface area contributed by atoms with E-state index in [0.717, 1.165) is 12.8 Å². The van der Waals surface area contributed by atoms with Gasteiger partial charge in [-0.25, -0.2) is 13.1 Å². The van der Waals surface area contributed by atoms with E-state index in [2.05, 4.69) is 9.62 Å². The van der Waals surface area contributed by atoms with Gasteiger partial charge < -0.3 is 10.0 Å². The maximum Gasteiger partial charge on any atom is 0.323 e. The number of nitrogens with zero attached hydrogens (tertiary/aromatic N) is 1. The standard InChI is InChI=1S/C11H22N2O4S/c1-9(11(14)15)18(16,17)12-7-8-13(2)10-5-3-4-6-10/h9-10,12H,3-8H2,1-2H3,(H,14,15). The normalized spacial score (nSPS) is 19.3. The fourth-order valence-corrected chi connectivity index (χ4v) is 3.04. The second kappa shape index (κ2) is 6.49. The first-order valence-electron chi connectivity index (χ1n) is 6.26. The number of carbonyl (C=O) groups is 1. The number of hydrogen-bond donors (Lipinski definition) is 2. The highest BCUT2D eigenvalue weighted by Gasteiger charge is 2.27. The van der Waals surface area contributed by atoms with Gasteiger partial charge in [-0.3, -0.25) is 4.79 Å². The van der Waals surface area contributed by atoms with Crippen molar-refractivity contribution < 1.29 is 18.3 Å². The number of likely N-dealkylation sites (N-methyl/N-ethyl adjacent to an activating group) is 1. The third kappa shape index (κ3) is 4.22. The highest BCUT2D eigenvalue weighted by Crippen LogP contribution is 2.21. The van der Waals surface area contributed by atoms with Crippen molar-refractivity contribution in [3.8, 4) is 0 Å². The van der Waals surface area contributed by atoms with E-state index in [1.807, 2.05) is 7.05 Å². The Balaban J connectivity index is 2.34. The number of rotatable bonds is 7. The molecule has 1 atom stereocenters. The van der Waals surface area contributed by atoms with Crippen LogP contribution in [0.2, 0.25) is 0 Å². The molecule has 0 heterocycles. The predicted octanol–water partition coefficient (Wildman–Crippen LogP) is 0.253. The molecule has 7 heteroatoms. The lowest BCUT2D eigenvalue weighted by atomic mass is 10.2. The van der Waals surface area contributed by atoms with Gasteiger partial charge in [0, 0.05) is 19.1 Å². The van der Waals surface area contributed by atoms with Gasteiger partial charge in [0.1, 0.15) is 0 Å². The minimum Gasteiger partial charge on any atom is -0.480 e. The lowest BCUT2D eigenvalue weighted by molar-refractivity contribution is -0.136. The first-order valence-corrected chi connectivity index (χ1v) is 7.80. The summed E-state index contributed by atoms with van der Waals surface area (Å²) < 4.78 is 25.5. The molecule has 1 fully saturated rings. The summed E-state index contributed by atoms with van der Waals surface area (Å²) in [5.74, 6) is -1.33. The zero-order valence-corrected chi connectivity index (χ0v) is 11.7. The van der Waals surface area contributed by atoms with E-state index in [-0.39, 0.29) is 6.54 Å². The Morgan fingerprint density at radius 1 is 1.44 bits per heavy atom. The Morgan fingerprint density at radius 2 is 2.00 bits per heavy atom. The monoisotopic (exact) mass is 278 g/mol. The summed E-state index contributed by atoms with van der Waals surface area (Å²) in [7, 11) is -1.78. The summed E-state index contributed by atoms with van der Waals surface area (Å²) in [6.07, 6.45) is 4.79. The first kappa shape index (κ1) is 15.4. The number of hydrogen-bond acceptors (Lipinski definition) is 4. The molecular weight excluding hydrogens is 256 g/mol. The van der Waals surface area contributed by atoms with E-state index in [0.29, 0.717) is 12.6 Å². The van der Waals surface area contributed by atoms with Crippen LogP contribution in [0.4, 0.5) is 0 Å². The second-order valence-corrected chi connectivity index (χ2v) is 6.92. The Morgan fingerprint density at radius 3 is 2.50 bits per heavy atom. The summed E-state index contributed by atoms with van der Waals surface area (Å²) >= 11 is 0. The highest BCUT2D eigenvalue weighted by molar-refractivity contribution is 7.90. The fourth-order valence-electron chi connectivity index (χ4n) is 2.15. The summed E-state index contributed by atoms with van der Waals surface area (Å²) in [4.78, 5) is 12.8. The van der Waals surface area contributed by atoms with Gasteiger partial charge in [-0.05, 0) is 26.8 Å². The van der Waals surface area contributed by atoms with Crippen molar-refractivity contribution >= 4 is 16.0 Å². The van der Waals surface area contributed by atoms with Crippen molar-refractivity contribution in [3.05, 3.63) is 0 Å². The van der Waals surface area contributed by atoms with Crippen LogP contribution in [0.1, 0.15) is 32.6 Å². The molecule has 2 N–H and O–H groups in total. The lowest BCUT2D eigenvalue weighted by Crippen LogP contribution is -2.42. The Kier molecular flexibility index (Phi) is 5.55. The number of carboxylic acids is 1. The Hall–Kier alpha value is -0.660. The Labute approximate surface area is 108 Å². The SMILES string of the molecule is CC(C(=O)O)S(=O)(=O)NCCN(C)C1CCCC1. The van der Waals surface area contributed by atoms with Crippen LogP contribution >= 0.6 is 0 Å². The fraction of sp³-hybridized carbons (Fsp3) is 0.909. The van der Waals surface area contributed by atoms with Crippen LogP contribution in [-0.4, -0.2) is 55.8 Å². The van der Waals surface area contributed by atoms with Gasteiger partial charge in [0.15, 0.2) is 5.25 Å². The number of sulfonamides is 1. The molecule has 6 nitrogen and oxygen atoms in total. The van der Waals surface area contributed by atoms with Gasteiger partial charge in [0.25, 0.3) is 0 Å². The number of carboxylic acid groups (broad SMARTS) is 1. The quantitative estimate of drug-likeness (QED) is 0.697. The third-order valence-electron chi connectivity index (χ3n) is 3.53. The lowest BCUT2D eigenvalue weighted by Gasteiger charge is -2.24. The van der Waals surface area contributed by atoms with Gasteiger partial charge in [-0.2, -0.15) is 0 Å². The molecule has 0 saturated heterocycles. The molecule has 0 aromatic carbocycles. The van der Waals surface area contributed by atoms with E-state index in [1.165, 1.54) is 19.8 Å². The van der Waals surface area contributed by atoms with E-state index in [4.69, 9.17) is 5.11 Å². The van der Waals surface area contributed by atoms with Crippen molar-refractivity contribution in [2.75, 3.05) is 20.1 Å². The van der Waals surface area contributed by atoms with Crippen molar-refractivity contribution in [2.45, 2.75) is 43.9 Å². The summed E-state index contributed by atoms with van der Waals surface area (Å²) in [6.45, 7) is 2.04. The number of aliphatic carboxylic acids is 1. The smallest absolute Gasteiger partial charge is 0.323 e. The maximum atomic E-state index is 11.6. The topological polar surface area (TPSA) is 86.7 Å². The van der Waals surface area contributed by atoms with Gasteiger partial charge >= 0.3 is 5.97 Å². The summed E-state index contributed by atoms with van der Waals surface area (Å²) in [6, 6.07) is 0.534. The molecule has 18 heavy (non-hydrogen) atoms. The minimum absolute atomic E-state index is 0.257. The van der Waals surface area contributed by atoms with Gasteiger partial charge in [-0.1, -0.05) is 12.8 Å². The molecule has 1 rings (SSSR count). The van der Waals surface area contributed by atoms with E-state index in [1.54, 1.807) is 0 Å². The molecule has 0 aromatic rings. The maximum absolute atomic E-state index is 11.6. The minimum atomic E-state index is -3.75. The summed E-state index contributed by atoms with van der Waals surface area (Å²) in [5, 5.41) is 7.26. The van der Waals surface area contributed by atoms with Crippen LogP contribution in [0.5, 0.6) is 0 Å². The molecule has 1 saturated carbocycles. The highest BCUT2D eigenvalue weighted by atomic mass is 32.2. The molecule has 0 spiro atoms. The molecule has 0 bridgehead atoms. The van der Waals surface area contributed by atoms with Crippen LogP contribution in [0.25, 0.3) is 0 Å². The molecule has 0 aromatic heterocycles. The molecule has 0 radical (unpaired) electrons. The second-order valence-electron chi connectivity index (χ2n) is 4.84.